The Kier molecular flexibility index (Phi) is 6.60. The van der Waals surface area contributed by atoms with Gasteiger partial charge in [-0.25, -0.2) is 0 Å². The average molecular weight is 263 g/mol. The van der Waals surface area contributed by atoms with Gasteiger partial charge in [0, 0.05) is 19.5 Å². The Balaban J connectivity index is 2.72. The van der Waals surface area contributed by atoms with Crippen molar-refractivity contribution >= 4 is 17.5 Å². The number of hydrogen-bond donors (Lipinski definition) is 3. The summed E-state index contributed by atoms with van der Waals surface area (Å²) < 4.78 is 0. The molecule has 1 aromatic carbocycles. The Morgan fingerprint density at radius 1 is 1.26 bits per heavy atom. The van der Waals surface area contributed by atoms with Gasteiger partial charge in [0.1, 0.15) is 0 Å². The highest BCUT2D eigenvalue weighted by atomic mass is 16.2. The summed E-state index contributed by atoms with van der Waals surface area (Å²) in [6.07, 6.45) is 2.27. The van der Waals surface area contributed by atoms with Crippen LogP contribution < -0.4 is 16.4 Å². The lowest BCUT2D eigenvalue weighted by Gasteiger charge is -2.10. The Labute approximate surface area is 113 Å². The lowest BCUT2D eigenvalue weighted by Crippen LogP contribution is -2.29. The summed E-state index contributed by atoms with van der Waals surface area (Å²) in [4.78, 5) is 23.6. The fourth-order valence-electron chi connectivity index (χ4n) is 1.62. The van der Waals surface area contributed by atoms with Gasteiger partial charge >= 0.3 is 0 Å². The molecule has 19 heavy (non-hydrogen) atoms. The third kappa shape index (κ3) is 5.09. The van der Waals surface area contributed by atoms with Crippen LogP contribution >= 0.6 is 0 Å². The zero-order valence-corrected chi connectivity index (χ0v) is 11.2. The van der Waals surface area contributed by atoms with E-state index in [1.54, 1.807) is 24.3 Å². The maximum atomic E-state index is 11.9. The van der Waals surface area contributed by atoms with Gasteiger partial charge < -0.3 is 16.4 Å². The molecule has 0 bridgehead atoms. The third-order valence-corrected chi connectivity index (χ3v) is 2.63. The second-order valence-corrected chi connectivity index (χ2v) is 4.24. The molecular weight excluding hydrogens is 242 g/mol. The van der Waals surface area contributed by atoms with E-state index in [4.69, 9.17) is 5.73 Å². The third-order valence-electron chi connectivity index (χ3n) is 2.63. The number of hydrogen-bond acceptors (Lipinski definition) is 3. The highest BCUT2D eigenvalue weighted by molar-refractivity contribution is 6.03. The standard InChI is InChI=1S/C14H21N3O2/c1-2-3-8-13(18)17-12-7-5-4-6-11(12)14(19)16-10-9-15/h4-7H,2-3,8-10,15H2,1H3,(H,16,19)(H,17,18). The van der Waals surface area contributed by atoms with Gasteiger partial charge in [-0.3, -0.25) is 9.59 Å². The molecule has 0 radical (unpaired) electrons. The van der Waals surface area contributed by atoms with Crippen LogP contribution in [0.3, 0.4) is 0 Å². The zero-order chi connectivity index (χ0) is 14.1. The Hall–Kier alpha value is -1.88. The largest absolute Gasteiger partial charge is 0.351 e. The number of amides is 2. The normalized spacial score (nSPS) is 10.0. The second kappa shape index (κ2) is 8.26. The van der Waals surface area contributed by atoms with E-state index < -0.39 is 0 Å². The minimum absolute atomic E-state index is 0.0686. The molecule has 0 aromatic heterocycles. The number of unbranched alkanes of at least 4 members (excludes halogenated alkanes) is 1. The molecule has 0 atom stereocenters. The van der Waals surface area contributed by atoms with E-state index in [-0.39, 0.29) is 11.8 Å². The molecule has 0 saturated carbocycles. The number of nitrogens with one attached hydrogen (secondary N) is 2. The van der Waals surface area contributed by atoms with Gasteiger partial charge in [-0.1, -0.05) is 25.5 Å². The smallest absolute Gasteiger partial charge is 0.253 e. The van der Waals surface area contributed by atoms with Crippen LogP contribution in [0.5, 0.6) is 0 Å². The lowest BCUT2D eigenvalue weighted by molar-refractivity contribution is -0.116. The minimum atomic E-state index is -0.225. The van der Waals surface area contributed by atoms with Crippen LogP contribution in [0.15, 0.2) is 24.3 Å². The first-order valence-corrected chi connectivity index (χ1v) is 6.56. The summed E-state index contributed by atoms with van der Waals surface area (Å²) in [7, 11) is 0. The highest BCUT2D eigenvalue weighted by Crippen LogP contribution is 2.15. The van der Waals surface area contributed by atoms with Crippen molar-refractivity contribution in [2.75, 3.05) is 18.4 Å². The highest BCUT2D eigenvalue weighted by Gasteiger charge is 2.12. The number of benzene rings is 1. The zero-order valence-electron chi connectivity index (χ0n) is 11.2. The SMILES string of the molecule is CCCCC(=O)Nc1ccccc1C(=O)NCCN. The molecule has 4 N–H and O–H groups in total. The van der Waals surface area contributed by atoms with Gasteiger partial charge in [0.2, 0.25) is 5.91 Å². The Morgan fingerprint density at radius 2 is 2.00 bits per heavy atom. The monoisotopic (exact) mass is 263 g/mol. The molecule has 0 fully saturated rings. The van der Waals surface area contributed by atoms with E-state index >= 15 is 0 Å². The van der Waals surface area contributed by atoms with Crippen LogP contribution in [-0.2, 0) is 4.79 Å². The van der Waals surface area contributed by atoms with Crippen molar-refractivity contribution < 1.29 is 9.59 Å². The van der Waals surface area contributed by atoms with Crippen molar-refractivity contribution in [3.8, 4) is 0 Å². The number of para-hydroxylation sites is 1. The van der Waals surface area contributed by atoms with Crippen molar-refractivity contribution in [3.05, 3.63) is 29.8 Å². The lowest BCUT2D eigenvalue weighted by atomic mass is 10.1. The predicted molar refractivity (Wildman–Crippen MR) is 76.0 cm³/mol. The van der Waals surface area contributed by atoms with Crippen LogP contribution in [-0.4, -0.2) is 24.9 Å². The van der Waals surface area contributed by atoms with Gasteiger partial charge in [-0.2, -0.15) is 0 Å². The van der Waals surface area contributed by atoms with E-state index in [0.29, 0.717) is 30.8 Å². The molecule has 0 unspecified atom stereocenters. The van der Waals surface area contributed by atoms with Crippen molar-refractivity contribution in [2.45, 2.75) is 26.2 Å². The molecular formula is C14H21N3O2. The summed E-state index contributed by atoms with van der Waals surface area (Å²) >= 11 is 0. The predicted octanol–water partition coefficient (Wildman–Crippen LogP) is 1.50. The number of carbonyl (C=O) groups is 2. The maximum Gasteiger partial charge on any atom is 0.253 e. The van der Waals surface area contributed by atoms with E-state index in [9.17, 15) is 9.59 Å². The molecule has 1 aromatic rings. The van der Waals surface area contributed by atoms with E-state index in [2.05, 4.69) is 10.6 Å². The molecule has 2 amide bonds. The van der Waals surface area contributed by atoms with Crippen molar-refractivity contribution in [1.29, 1.82) is 0 Å². The molecule has 104 valence electrons. The fourth-order valence-corrected chi connectivity index (χ4v) is 1.62. The van der Waals surface area contributed by atoms with Gasteiger partial charge in [-0.05, 0) is 18.6 Å². The minimum Gasteiger partial charge on any atom is -0.351 e. The summed E-state index contributed by atoms with van der Waals surface area (Å²) in [5.74, 6) is -0.294. The van der Waals surface area contributed by atoms with Gasteiger partial charge in [-0.15, -0.1) is 0 Å². The molecule has 1 rings (SSSR count). The topological polar surface area (TPSA) is 84.2 Å². The Morgan fingerprint density at radius 3 is 2.68 bits per heavy atom. The van der Waals surface area contributed by atoms with Gasteiger partial charge in [0.25, 0.3) is 5.91 Å². The molecule has 0 aliphatic rings. The molecule has 0 aliphatic carbocycles. The van der Waals surface area contributed by atoms with Crippen LogP contribution in [0, 0.1) is 0 Å². The van der Waals surface area contributed by atoms with E-state index in [1.165, 1.54) is 0 Å². The van der Waals surface area contributed by atoms with Gasteiger partial charge in [0.15, 0.2) is 0 Å². The summed E-state index contributed by atoms with van der Waals surface area (Å²) in [5.41, 5.74) is 6.34. The first kappa shape index (κ1) is 15.2. The molecule has 0 saturated heterocycles. The maximum absolute atomic E-state index is 11.9. The quantitative estimate of drug-likeness (QED) is 0.697. The summed E-state index contributed by atoms with van der Waals surface area (Å²) in [6, 6.07) is 6.96. The number of anilines is 1. The van der Waals surface area contributed by atoms with Gasteiger partial charge in [0.05, 0.1) is 11.3 Å². The van der Waals surface area contributed by atoms with Crippen LogP contribution in [0.4, 0.5) is 5.69 Å². The van der Waals surface area contributed by atoms with Crippen LogP contribution in [0.1, 0.15) is 36.5 Å². The second-order valence-electron chi connectivity index (χ2n) is 4.24. The first-order chi connectivity index (χ1) is 9.19. The molecule has 0 spiro atoms. The van der Waals surface area contributed by atoms with E-state index in [0.717, 1.165) is 12.8 Å². The van der Waals surface area contributed by atoms with Crippen LogP contribution in [0.2, 0.25) is 0 Å². The molecule has 0 heterocycles. The Bertz CT molecular complexity index is 432. The van der Waals surface area contributed by atoms with Crippen molar-refractivity contribution in [1.82, 2.24) is 5.32 Å². The van der Waals surface area contributed by atoms with E-state index in [1.807, 2.05) is 6.92 Å². The summed E-state index contributed by atoms with van der Waals surface area (Å²) in [5, 5.41) is 5.46. The number of carbonyl (C=O) groups excluding carboxylic acids is 2. The fraction of sp³-hybridized carbons (Fsp3) is 0.429. The van der Waals surface area contributed by atoms with Crippen molar-refractivity contribution in [3.63, 3.8) is 0 Å². The molecule has 0 aliphatic heterocycles. The first-order valence-electron chi connectivity index (χ1n) is 6.56. The average Bonchev–Trinajstić information content (AvgIpc) is 2.43. The summed E-state index contributed by atoms with van der Waals surface area (Å²) in [6.45, 7) is 2.83. The number of rotatable bonds is 7. The molecule has 5 heteroatoms. The van der Waals surface area contributed by atoms with Crippen molar-refractivity contribution in [2.24, 2.45) is 5.73 Å². The number of nitrogens with two attached hydrogens (primary N) is 1. The van der Waals surface area contributed by atoms with Crippen LogP contribution in [0.25, 0.3) is 0 Å². The molecule has 5 nitrogen and oxygen atoms in total.